The number of hydrogen-bond acceptors (Lipinski definition) is 17. The number of pyridine rings is 4. The van der Waals surface area contributed by atoms with Crippen molar-refractivity contribution in [3.63, 3.8) is 0 Å². The molecule has 3 amide bonds. The van der Waals surface area contributed by atoms with Crippen molar-refractivity contribution in [2.45, 2.75) is 52.7 Å². The van der Waals surface area contributed by atoms with Crippen LogP contribution in [0.4, 0.5) is 22.7 Å². The van der Waals surface area contributed by atoms with E-state index in [1.807, 2.05) is 20.8 Å². The minimum Gasteiger partial charge on any atom is -0.490 e. The van der Waals surface area contributed by atoms with Crippen LogP contribution in [-0.4, -0.2) is 103 Å². The van der Waals surface area contributed by atoms with Gasteiger partial charge >= 0.3 is 17.9 Å². The molecule has 8 aromatic rings. The van der Waals surface area contributed by atoms with E-state index in [-0.39, 0.29) is 114 Å². The zero-order valence-corrected chi connectivity index (χ0v) is 41.2. The third-order valence-corrected chi connectivity index (χ3v) is 11.7. The molecule has 76 heavy (non-hydrogen) atoms. The second-order valence-electron chi connectivity index (χ2n) is 17.0. The number of esters is 1. The summed E-state index contributed by atoms with van der Waals surface area (Å²) >= 11 is 0. The minimum absolute atomic E-state index is 0.0188. The molecule has 4 heterocycles. The molecule has 4 aromatic heterocycles. The molecule has 5 N–H and O–H groups in total. The number of para-hydroxylation sites is 4. The fourth-order valence-electron chi connectivity index (χ4n) is 7.73. The van der Waals surface area contributed by atoms with Gasteiger partial charge in [-0.05, 0) is 69.2 Å². The molecular formula is C53H46N8O15. The first kappa shape index (κ1) is 52.3. The van der Waals surface area contributed by atoms with Crippen molar-refractivity contribution >= 4 is 102 Å². The number of anilines is 3. The summed E-state index contributed by atoms with van der Waals surface area (Å²) < 4.78 is 28.4. The van der Waals surface area contributed by atoms with E-state index in [0.717, 1.165) is 7.11 Å². The van der Waals surface area contributed by atoms with Crippen LogP contribution >= 0.6 is 0 Å². The lowest BCUT2D eigenvalue weighted by atomic mass is 10.1. The van der Waals surface area contributed by atoms with Crippen molar-refractivity contribution in [2.75, 3.05) is 36.3 Å². The first-order valence-electron chi connectivity index (χ1n) is 23.4. The average molecular weight is 1030 g/mol. The standard InChI is InChI=1S/C53H46N8O15/c1-6-26(3)75-42-21-36(51(67)59-33-17-9-13-29-41(74-25-45(64)65)23-38(53(69)72-5)57-47(29)33)55-48-30(42)14-10-18-34(48)60-50(66)35-20-40(73-24-44(62)63)28-12-8-16-32(46(28)54-35)58-52(68)37-22-43(76-27(4)7-2)31-15-11-19-39(61(70)71)49(31)56-37/h8-23,26-27H,6-7,24-25H2,1-5H3,(H,58,68)(H,59,67)(H,60,66)(H,62,63)(H,64,65). The topological polar surface area (TPSA) is 320 Å². The van der Waals surface area contributed by atoms with Crippen molar-refractivity contribution in [1.29, 1.82) is 0 Å². The SMILES string of the molecule is CCC(C)Oc1cc(C(=O)Nc2cccc3c(OCC(=O)O)cc(C(=O)OC)nc23)nc2c(NC(=O)c3cc(OCC(=O)O)c4cccc(NC(=O)c5cc(OC(C)CC)c6cccc([N+](=O)[O-])c6n5)c4n3)cccc12. The number of amides is 3. The van der Waals surface area contributed by atoms with Gasteiger partial charge in [0, 0.05) is 51.9 Å². The van der Waals surface area contributed by atoms with Crippen LogP contribution in [0.1, 0.15) is 82.5 Å². The first-order valence-corrected chi connectivity index (χ1v) is 23.4. The number of carbonyl (C=O) groups excluding carboxylic acids is 4. The predicted octanol–water partition coefficient (Wildman–Crippen LogP) is 8.61. The number of rotatable bonds is 20. The van der Waals surface area contributed by atoms with Gasteiger partial charge in [-0.3, -0.25) is 24.5 Å². The monoisotopic (exact) mass is 1030 g/mol. The van der Waals surface area contributed by atoms with Gasteiger partial charge in [0.15, 0.2) is 24.4 Å². The Morgan fingerprint density at radius 1 is 0.539 bits per heavy atom. The Bertz CT molecular complexity index is 3680. The van der Waals surface area contributed by atoms with Gasteiger partial charge in [-0.25, -0.2) is 34.3 Å². The number of nitrogens with one attached hydrogen (secondary N) is 3. The number of carboxylic acid groups (broad SMARTS) is 2. The van der Waals surface area contributed by atoms with Crippen molar-refractivity contribution in [3.05, 3.63) is 130 Å². The number of ether oxygens (including phenoxy) is 5. The molecule has 8 rings (SSSR count). The van der Waals surface area contributed by atoms with E-state index in [1.54, 1.807) is 37.3 Å². The van der Waals surface area contributed by atoms with Crippen LogP contribution in [0.3, 0.4) is 0 Å². The molecule has 0 bridgehead atoms. The van der Waals surface area contributed by atoms with Crippen molar-refractivity contribution in [3.8, 4) is 23.0 Å². The lowest BCUT2D eigenvalue weighted by molar-refractivity contribution is -0.383. The Morgan fingerprint density at radius 2 is 0.882 bits per heavy atom. The molecule has 0 aliphatic rings. The molecule has 388 valence electrons. The molecular weight excluding hydrogens is 989 g/mol. The number of methoxy groups -OCH3 is 1. The Kier molecular flexibility index (Phi) is 15.4. The van der Waals surface area contributed by atoms with E-state index in [9.17, 15) is 49.1 Å². The highest BCUT2D eigenvalue weighted by Gasteiger charge is 2.25. The number of fused-ring (bicyclic) bond motifs is 4. The van der Waals surface area contributed by atoms with Crippen LogP contribution in [0.2, 0.25) is 0 Å². The van der Waals surface area contributed by atoms with E-state index in [1.165, 1.54) is 66.7 Å². The largest absolute Gasteiger partial charge is 0.490 e. The zero-order valence-electron chi connectivity index (χ0n) is 41.2. The lowest BCUT2D eigenvalue weighted by Gasteiger charge is -2.18. The molecule has 0 fully saturated rings. The molecule has 2 unspecified atom stereocenters. The normalized spacial score (nSPS) is 11.9. The van der Waals surface area contributed by atoms with E-state index in [2.05, 4.69) is 35.9 Å². The van der Waals surface area contributed by atoms with Gasteiger partial charge in [0.25, 0.3) is 23.4 Å². The highest BCUT2D eigenvalue weighted by Crippen LogP contribution is 2.37. The van der Waals surface area contributed by atoms with Gasteiger partial charge in [-0.1, -0.05) is 38.1 Å². The summed E-state index contributed by atoms with van der Waals surface area (Å²) in [7, 11) is 1.14. The number of benzene rings is 4. The maximum Gasteiger partial charge on any atom is 0.356 e. The third kappa shape index (κ3) is 11.3. The number of aromatic nitrogens is 4. The minimum atomic E-state index is -1.33. The fraction of sp³-hybridized carbons (Fsp3) is 0.208. The average Bonchev–Trinajstić information content (AvgIpc) is 3.41. The molecule has 0 aliphatic carbocycles. The fourth-order valence-corrected chi connectivity index (χ4v) is 7.73. The number of non-ortho nitro benzene ring substituents is 1. The van der Waals surface area contributed by atoms with E-state index < -0.39 is 53.8 Å². The number of nitro groups is 1. The summed E-state index contributed by atoms with van der Waals surface area (Å²) in [6.07, 6.45) is 0.450. The van der Waals surface area contributed by atoms with Gasteiger partial charge in [-0.15, -0.1) is 0 Å². The number of hydrogen-bond donors (Lipinski definition) is 5. The second kappa shape index (κ2) is 22.4. The van der Waals surface area contributed by atoms with Gasteiger partial charge in [0.05, 0.1) is 57.9 Å². The van der Waals surface area contributed by atoms with Gasteiger partial charge in [0.1, 0.15) is 40.1 Å². The Labute approximate surface area is 430 Å². The molecule has 0 aliphatic heterocycles. The van der Waals surface area contributed by atoms with Crippen LogP contribution in [0.15, 0.2) is 97.1 Å². The maximum absolute atomic E-state index is 14.5. The van der Waals surface area contributed by atoms with Crippen molar-refractivity contribution in [1.82, 2.24) is 19.9 Å². The van der Waals surface area contributed by atoms with Crippen molar-refractivity contribution < 1.29 is 67.6 Å². The molecule has 4 aromatic carbocycles. The summed E-state index contributed by atoms with van der Waals surface area (Å²) in [6.45, 7) is 5.83. The van der Waals surface area contributed by atoms with Crippen LogP contribution in [0.5, 0.6) is 23.0 Å². The Balaban J connectivity index is 1.18. The Hall–Kier alpha value is -10.1. The van der Waals surface area contributed by atoms with E-state index >= 15 is 0 Å². The Morgan fingerprint density at radius 3 is 1.26 bits per heavy atom. The number of nitrogens with zero attached hydrogens (tertiary/aromatic N) is 5. The van der Waals surface area contributed by atoms with Gasteiger partial charge < -0.3 is 49.8 Å². The van der Waals surface area contributed by atoms with Crippen LogP contribution < -0.4 is 34.9 Å². The van der Waals surface area contributed by atoms with Crippen LogP contribution in [0, 0.1) is 10.1 Å². The van der Waals surface area contributed by atoms with Crippen LogP contribution in [0.25, 0.3) is 43.6 Å². The van der Waals surface area contributed by atoms with Gasteiger partial charge in [0.2, 0.25) is 0 Å². The molecule has 23 nitrogen and oxygen atoms in total. The first-order chi connectivity index (χ1) is 36.5. The van der Waals surface area contributed by atoms with Gasteiger partial charge in [-0.2, -0.15) is 0 Å². The van der Waals surface area contributed by atoms with E-state index in [4.69, 9.17) is 23.7 Å². The summed E-state index contributed by atoms with van der Waals surface area (Å²) in [5.41, 5.74) is -1.15. The molecule has 23 heteroatoms. The summed E-state index contributed by atoms with van der Waals surface area (Å²) in [5.74, 6) is -5.67. The van der Waals surface area contributed by atoms with Crippen molar-refractivity contribution in [2.24, 2.45) is 0 Å². The number of aliphatic carboxylic acids is 2. The summed E-state index contributed by atoms with van der Waals surface area (Å²) in [6, 6.07) is 23.5. The number of nitro benzene ring substituents is 1. The molecule has 0 saturated heterocycles. The number of carbonyl (C=O) groups is 6. The molecule has 0 radical (unpaired) electrons. The highest BCUT2D eigenvalue weighted by molar-refractivity contribution is 6.14. The van der Waals surface area contributed by atoms with Crippen LogP contribution in [-0.2, 0) is 14.3 Å². The number of carboxylic acids is 2. The summed E-state index contributed by atoms with van der Waals surface area (Å²) in [4.78, 5) is 108. The maximum atomic E-state index is 14.5. The zero-order chi connectivity index (χ0) is 54.4. The second-order valence-corrected chi connectivity index (χ2v) is 17.0. The molecule has 2 atom stereocenters. The molecule has 0 spiro atoms. The lowest BCUT2D eigenvalue weighted by Crippen LogP contribution is -2.18. The molecule has 0 saturated carbocycles. The quantitative estimate of drug-likeness (QED) is 0.0271. The smallest absolute Gasteiger partial charge is 0.356 e. The summed E-state index contributed by atoms with van der Waals surface area (Å²) in [5, 5.41) is 40.4. The highest BCUT2D eigenvalue weighted by atomic mass is 16.6. The van der Waals surface area contributed by atoms with E-state index in [0.29, 0.717) is 23.6 Å². The predicted molar refractivity (Wildman–Crippen MR) is 276 cm³/mol. The third-order valence-electron chi connectivity index (χ3n) is 11.7.